The van der Waals surface area contributed by atoms with Gasteiger partial charge >= 0.3 is 5.97 Å². The van der Waals surface area contributed by atoms with Crippen molar-refractivity contribution in [3.05, 3.63) is 6.33 Å². The van der Waals surface area contributed by atoms with E-state index in [1.54, 1.807) is 0 Å². The molecule has 2 unspecified atom stereocenters. The van der Waals surface area contributed by atoms with Crippen molar-refractivity contribution in [2.24, 2.45) is 0 Å². The van der Waals surface area contributed by atoms with Crippen LogP contribution in [0.4, 0.5) is 5.82 Å². The number of aromatic nitrogens is 4. The van der Waals surface area contributed by atoms with Crippen molar-refractivity contribution in [1.29, 1.82) is 0 Å². The Hall–Kier alpha value is -1.77. The third-order valence-corrected chi connectivity index (χ3v) is 4.40. The van der Waals surface area contributed by atoms with E-state index in [0.29, 0.717) is 19.7 Å². The quantitative estimate of drug-likeness (QED) is 0.389. The van der Waals surface area contributed by atoms with Crippen LogP contribution in [0, 0.1) is 0 Å². The molecule has 0 aromatic carbocycles. The molecule has 2 radical (unpaired) electrons. The SMILES string of the molecule is [B]C(O)(C[C@](C)(OC)C(=O)OC)n1cnc2c(N)nc(PC)nc21. The molecule has 0 spiro atoms. The van der Waals surface area contributed by atoms with E-state index < -0.39 is 17.2 Å². The van der Waals surface area contributed by atoms with Crippen LogP contribution in [0.2, 0.25) is 0 Å². The molecule has 9 nitrogen and oxygen atoms in total. The molecule has 11 heteroatoms. The maximum absolute atomic E-state index is 11.9. The highest BCUT2D eigenvalue weighted by Crippen LogP contribution is 2.29. The Morgan fingerprint density at radius 3 is 2.71 bits per heavy atom. The fourth-order valence-corrected chi connectivity index (χ4v) is 2.79. The molecule has 2 rings (SSSR count). The summed E-state index contributed by atoms with van der Waals surface area (Å²) in [6, 6.07) is 0. The maximum Gasteiger partial charge on any atom is 0.337 e. The van der Waals surface area contributed by atoms with E-state index in [-0.39, 0.29) is 17.9 Å². The molecule has 0 saturated carbocycles. The third-order valence-electron chi connectivity index (χ3n) is 3.73. The third kappa shape index (κ3) is 3.22. The van der Waals surface area contributed by atoms with Crippen molar-refractivity contribution < 1.29 is 19.4 Å². The Kier molecular flexibility index (Phi) is 5.12. The van der Waals surface area contributed by atoms with Crippen LogP contribution in [0.3, 0.4) is 0 Å². The number of anilines is 1. The summed E-state index contributed by atoms with van der Waals surface area (Å²) in [5, 5.41) is 10.8. The molecule has 0 aliphatic rings. The first-order valence-electron chi connectivity index (χ1n) is 7.02. The van der Waals surface area contributed by atoms with E-state index in [1.165, 1.54) is 32.0 Å². The first kappa shape index (κ1) is 18.6. The van der Waals surface area contributed by atoms with E-state index in [2.05, 4.69) is 15.0 Å². The van der Waals surface area contributed by atoms with Gasteiger partial charge in [0.2, 0.25) is 0 Å². The lowest BCUT2D eigenvalue weighted by Crippen LogP contribution is -2.48. The normalized spacial score (nSPS) is 17.0. The van der Waals surface area contributed by atoms with E-state index in [0.717, 1.165) is 0 Å². The summed E-state index contributed by atoms with van der Waals surface area (Å²) < 4.78 is 11.2. The fourth-order valence-electron chi connectivity index (χ4n) is 2.34. The highest BCUT2D eigenvalue weighted by atomic mass is 31.1. The minimum absolute atomic E-state index is 0.196. The molecular formula is C13H19BN5O4P. The molecule has 2 aromatic rings. The van der Waals surface area contributed by atoms with Crippen molar-refractivity contribution in [2.45, 2.75) is 24.6 Å². The molecule has 128 valence electrons. The van der Waals surface area contributed by atoms with Crippen molar-refractivity contribution in [3.63, 3.8) is 0 Å². The molecule has 3 N–H and O–H groups in total. The van der Waals surface area contributed by atoms with Gasteiger partial charge in [0, 0.05) is 13.5 Å². The number of fused-ring (bicyclic) bond motifs is 1. The molecule has 3 atom stereocenters. The Morgan fingerprint density at radius 1 is 1.50 bits per heavy atom. The molecule has 2 heterocycles. The van der Waals surface area contributed by atoms with Gasteiger partial charge in [-0.25, -0.2) is 19.7 Å². The number of rotatable bonds is 6. The van der Waals surface area contributed by atoms with Crippen LogP contribution in [0.25, 0.3) is 11.2 Å². The topological polar surface area (TPSA) is 125 Å². The van der Waals surface area contributed by atoms with E-state index in [4.69, 9.17) is 23.1 Å². The number of nitrogen functional groups attached to an aromatic ring is 1. The minimum Gasteiger partial charge on any atom is -0.467 e. The second-order valence-corrected chi connectivity index (χ2v) is 6.40. The van der Waals surface area contributed by atoms with Crippen molar-refractivity contribution >= 4 is 44.9 Å². The summed E-state index contributed by atoms with van der Waals surface area (Å²) in [6.45, 7) is 3.37. The zero-order valence-electron chi connectivity index (χ0n) is 13.9. The lowest BCUT2D eigenvalue weighted by Gasteiger charge is -2.34. The highest BCUT2D eigenvalue weighted by molar-refractivity contribution is 7.45. The number of ether oxygens (including phenoxy) is 2. The van der Waals surface area contributed by atoms with Gasteiger partial charge in [-0.05, 0) is 13.6 Å². The number of hydrogen-bond acceptors (Lipinski definition) is 8. The predicted octanol–water partition coefficient (Wildman–Crippen LogP) is -0.919. The second-order valence-electron chi connectivity index (χ2n) is 5.45. The molecule has 0 fully saturated rings. The van der Waals surface area contributed by atoms with Gasteiger partial charge in [0.15, 0.2) is 22.6 Å². The van der Waals surface area contributed by atoms with Gasteiger partial charge in [0.05, 0.1) is 13.4 Å². The average molecular weight is 351 g/mol. The van der Waals surface area contributed by atoms with Crippen LogP contribution in [0.15, 0.2) is 6.33 Å². The Morgan fingerprint density at radius 2 is 2.17 bits per heavy atom. The number of esters is 1. The van der Waals surface area contributed by atoms with Crippen molar-refractivity contribution in [3.8, 4) is 0 Å². The van der Waals surface area contributed by atoms with Gasteiger partial charge in [0.25, 0.3) is 0 Å². The number of hydrogen-bond donors (Lipinski definition) is 2. The molecule has 0 aliphatic carbocycles. The summed E-state index contributed by atoms with van der Waals surface area (Å²) in [5.74, 6) is -0.468. The summed E-state index contributed by atoms with van der Waals surface area (Å²) in [6.07, 6.45) is 1.01. The summed E-state index contributed by atoms with van der Waals surface area (Å²) in [7, 11) is 8.89. The van der Waals surface area contributed by atoms with Gasteiger partial charge in [-0.15, -0.1) is 0 Å². The van der Waals surface area contributed by atoms with Crippen LogP contribution in [0.5, 0.6) is 0 Å². The van der Waals surface area contributed by atoms with Gasteiger partial charge < -0.3 is 20.3 Å². The number of aliphatic hydroxyl groups is 1. The Labute approximate surface area is 142 Å². The molecular weight excluding hydrogens is 332 g/mol. The molecule has 2 aromatic heterocycles. The molecule has 24 heavy (non-hydrogen) atoms. The summed E-state index contributed by atoms with van der Waals surface area (Å²) in [5.41, 5.74) is 3.51. The second kappa shape index (κ2) is 6.62. The Bertz CT molecular complexity index is 768. The lowest BCUT2D eigenvalue weighted by molar-refractivity contribution is -0.171. The number of carbonyl (C=O) groups excluding carboxylic acids is 1. The van der Waals surface area contributed by atoms with Gasteiger partial charge in [-0.2, -0.15) is 0 Å². The molecule has 0 bridgehead atoms. The predicted molar refractivity (Wildman–Crippen MR) is 91.6 cm³/mol. The largest absolute Gasteiger partial charge is 0.467 e. The van der Waals surface area contributed by atoms with Gasteiger partial charge in [0.1, 0.15) is 19.0 Å². The van der Waals surface area contributed by atoms with Crippen LogP contribution < -0.4 is 11.3 Å². The van der Waals surface area contributed by atoms with Gasteiger partial charge in [-0.1, -0.05) is 8.58 Å². The molecule has 0 saturated heterocycles. The lowest BCUT2D eigenvalue weighted by atomic mass is 9.80. The number of nitrogens with two attached hydrogens (primary N) is 1. The van der Waals surface area contributed by atoms with Crippen LogP contribution in [0.1, 0.15) is 13.3 Å². The fraction of sp³-hybridized carbons (Fsp3) is 0.538. The van der Waals surface area contributed by atoms with E-state index in [1.807, 2.05) is 6.66 Å². The molecule has 0 aliphatic heterocycles. The van der Waals surface area contributed by atoms with Crippen molar-refractivity contribution in [1.82, 2.24) is 19.5 Å². The Balaban J connectivity index is 2.51. The number of carbonyl (C=O) groups is 1. The number of nitrogens with zero attached hydrogens (tertiary/aromatic N) is 4. The minimum atomic E-state index is -2.01. The summed E-state index contributed by atoms with van der Waals surface area (Å²) in [4.78, 5) is 24.5. The first-order valence-corrected chi connectivity index (χ1v) is 8.52. The number of methoxy groups -OCH3 is 2. The van der Waals surface area contributed by atoms with Crippen LogP contribution in [-0.4, -0.2) is 64.9 Å². The monoisotopic (exact) mass is 351 g/mol. The average Bonchev–Trinajstić information content (AvgIpc) is 2.98. The van der Waals surface area contributed by atoms with Crippen LogP contribution >= 0.6 is 8.58 Å². The zero-order valence-corrected chi connectivity index (χ0v) is 14.9. The smallest absolute Gasteiger partial charge is 0.337 e. The molecule has 0 amide bonds. The van der Waals surface area contributed by atoms with Gasteiger partial charge in [-0.3, -0.25) is 4.57 Å². The van der Waals surface area contributed by atoms with E-state index >= 15 is 0 Å². The number of imidazole rings is 1. The van der Waals surface area contributed by atoms with E-state index in [9.17, 15) is 9.90 Å². The van der Waals surface area contributed by atoms with Crippen LogP contribution in [-0.2, 0) is 19.9 Å². The summed E-state index contributed by atoms with van der Waals surface area (Å²) >= 11 is 0. The zero-order chi connectivity index (χ0) is 18.1. The standard InChI is InChI=1S/C13H19BN5O4P/c1-12(23-3,10(20)22-2)5-13(14,21)19-6-16-7-8(15)17-11(24-4)18-9(7)19/h6,21,24H,5H2,1-4H3,(H2,15,17,18)/t12-,13?/m0/s1. The first-order chi connectivity index (χ1) is 11.2. The maximum atomic E-state index is 11.9. The van der Waals surface area contributed by atoms with Crippen molar-refractivity contribution in [2.75, 3.05) is 26.6 Å². The highest BCUT2D eigenvalue weighted by Gasteiger charge is 2.42.